The fourth-order valence-electron chi connectivity index (χ4n) is 3.15. The SMILES string of the molecule is CCC(C)Oc1cccc(C(=O)Nc2cccc(C(=O)N3CCN(C)CC3)c2)c1. The first-order valence-electron chi connectivity index (χ1n) is 10.1. The van der Waals surface area contributed by atoms with E-state index in [1.165, 1.54) is 0 Å². The highest BCUT2D eigenvalue weighted by Gasteiger charge is 2.20. The maximum atomic E-state index is 12.8. The summed E-state index contributed by atoms with van der Waals surface area (Å²) in [7, 11) is 2.06. The van der Waals surface area contributed by atoms with Crippen molar-refractivity contribution in [1.29, 1.82) is 0 Å². The largest absolute Gasteiger partial charge is 0.491 e. The van der Waals surface area contributed by atoms with Gasteiger partial charge in [-0.3, -0.25) is 9.59 Å². The second kappa shape index (κ2) is 9.56. The van der Waals surface area contributed by atoms with E-state index >= 15 is 0 Å². The summed E-state index contributed by atoms with van der Waals surface area (Å²) in [5.74, 6) is 0.438. The maximum absolute atomic E-state index is 12.8. The summed E-state index contributed by atoms with van der Waals surface area (Å²) in [6.07, 6.45) is 0.982. The second-order valence-electron chi connectivity index (χ2n) is 7.49. The monoisotopic (exact) mass is 395 g/mol. The number of hydrogen-bond donors (Lipinski definition) is 1. The van der Waals surface area contributed by atoms with Gasteiger partial charge in [0.05, 0.1) is 6.10 Å². The van der Waals surface area contributed by atoms with Crippen molar-refractivity contribution in [2.24, 2.45) is 0 Å². The molecule has 1 aliphatic rings. The number of amides is 2. The van der Waals surface area contributed by atoms with Crippen molar-refractivity contribution in [3.8, 4) is 5.75 Å². The Labute approximate surface area is 172 Å². The molecule has 0 bridgehead atoms. The standard InChI is InChI=1S/C23H29N3O3/c1-4-17(2)29-21-10-6-7-18(16-21)22(27)24-20-9-5-8-19(15-20)23(28)26-13-11-25(3)12-14-26/h5-10,15-17H,4,11-14H2,1-3H3,(H,24,27). The van der Waals surface area contributed by atoms with Gasteiger partial charge in [-0.25, -0.2) is 0 Å². The van der Waals surface area contributed by atoms with Crippen molar-refractivity contribution in [1.82, 2.24) is 9.80 Å². The van der Waals surface area contributed by atoms with Crippen LogP contribution in [-0.4, -0.2) is 60.9 Å². The number of nitrogens with zero attached hydrogens (tertiary/aromatic N) is 2. The van der Waals surface area contributed by atoms with Crippen molar-refractivity contribution >= 4 is 17.5 Å². The molecule has 3 rings (SSSR count). The highest BCUT2D eigenvalue weighted by Crippen LogP contribution is 2.19. The number of carbonyl (C=O) groups is 2. The van der Waals surface area contributed by atoms with E-state index in [1.54, 1.807) is 42.5 Å². The van der Waals surface area contributed by atoms with Crippen LogP contribution >= 0.6 is 0 Å². The summed E-state index contributed by atoms with van der Waals surface area (Å²) in [5.41, 5.74) is 1.70. The minimum Gasteiger partial charge on any atom is -0.491 e. The minimum atomic E-state index is -0.233. The number of ether oxygens (including phenoxy) is 1. The first-order valence-corrected chi connectivity index (χ1v) is 10.1. The topological polar surface area (TPSA) is 61.9 Å². The Bertz CT molecular complexity index is 860. The van der Waals surface area contributed by atoms with E-state index in [4.69, 9.17) is 4.74 Å². The van der Waals surface area contributed by atoms with Gasteiger partial charge in [0.15, 0.2) is 0 Å². The predicted octanol–water partition coefficient (Wildman–Crippen LogP) is 3.50. The molecule has 6 heteroatoms. The Kier molecular flexibility index (Phi) is 6.88. The molecule has 1 aliphatic heterocycles. The van der Waals surface area contributed by atoms with Gasteiger partial charge in [0.25, 0.3) is 11.8 Å². The molecule has 1 saturated heterocycles. The van der Waals surface area contributed by atoms with Crippen molar-refractivity contribution < 1.29 is 14.3 Å². The van der Waals surface area contributed by atoms with Gasteiger partial charge in [-0.05, 0) is 56.8 Å². The fraction of sp³-hybridized carbons (Fsp3) is 0.391. The highest BCUT2D eigenvalue weighted by atomic mass is 16.5. The zero-order valence-electron chi connectivity index (χ0n) is 17.4. The highest BCUT2D eigenvalue weighted by molar-refractivity contribution is 6.05. The van der Waals surface area contributed by atoms with Crippen molar-refractivity contribution in [2.75, 3.05) is 38.5 Å². The van der Waals surface area contributed by atoms with E-state index in [-0.39, 0.29) is 17.9 Å². The van der Waals surface area contributed by atoms with E-state index in [1.807, 2.05) is 17.9 Å². The molecular weight excluding hydrogens is 366 g/mol. The van der Waals surface area contributed by atoms with Crippen molar-refractivity contribution in [2.45, 2.75) is 26.4 Å². The van der Waals surface area contributed by atoms with Crippen molar-refractivity contribution in [3.63, 3.8) is 0 Å². The van der Waals surface area contributed by atoms with Crippen LogP contribution in [0.3, 0.4) is 0 Å². The quantitative estimate of drug-likeness (QED) is 0.813. The van der Waals surface area contributed by atoms with Crippen LogP contribution in [0.5, 0.6) is 5.75 Å². The number of nitrogens with one attached hydrogen (secondary N) is 1. The Morgan fingerprint density at radius 2 is 1.72 bits per heavy atom. The molecule has 0 spiro atoms. The van der Waals surface area contributed by atoms with Gasteiger partial charge in [-0.1, -0.05) is 19.1 Å². The van der Waals surface area contributed by atoms with Crippen LogP contribution in [0.1, 0.15) is 41.0 Å². The second-order valence-corrected chi connectivity index (χ2v) is 7.49. The maximum Gasteiger partial charge on any atom is 0.255 e. The molecular formula is C23H29N3O3. The van der Waals surface area contributed by atoms with Gasteiger partial charge in [0.2, 0.25) is 0 Å². The summed E-state index contributed by atoms with van der Waals surface area (Å²) in [5, 5.41) is 2.88. The Hall–Kier alpha value is -2.86. The molecule has 154 valence electrons. The molecule has 1 fully saturated rings. The van der Waals surface area contributed by atoms with E-state index in [9.17, 15) is 9.59 Å². The first-order chi connectivity index (χ1) is 14.0. The molecule has 29 heavy (non-hydrogen) atoms. The van der Waals surface area contributed by atoms with E-state index in [2.05, 4.69) is 24.2 Å². The summed E-state index contributed by atoms with van der Waals surface area (Å²) in [6.45, 7) is 7.23. The minimum absolute atomic E-state index is 0.00171. The molecule has 2 aromatic rings. The number of anilines is 1. The molecule has 0 radical (unpaired) electrons. The molecule has 0 aliphatic carbocycles. The van der Waals surface area contributed by atoms with Crippen LogP contribution < -0.4 is 10.1 Å². The lowest BCUT2D eigenvalue weighted by Crippen LogP contribution is -2.47. The normalized spacial score (nSPS) is 15.6. The van der Waals surface area contributed by atoms with Gasteiger partial charge in [0, 0.05) is 43.0 Å². The first kappa shape index (κ1) is 20.9. The number of benzene rings is 2. The zero-order valence-corrected chi connectivity index (χ0v) is 17.4. The third kappa shape index (κ3) is 5.57. The van der Waals surface area contributed by atoms with Crippen molar-refractivity contribution in [3.05, 3.63) is 59.7 Å². The number of likely N-dealkylation sites (N-methyl/N-ethyl adjacent to an activating group) is 1. The molecule has 1 N–H and O–H groups in total. The third-order valence-electron chi connectivity index (χ3n) is 5.17. The summed E-state index contributed by atoms with van der Waals surface area (Å²) in [4.78, 5) is 29.5. The lowest BCUT2D eigenvalue weighted by molar-refractivity contribution is 0.0664. The summed E-state index contributed by atoms with van der Waals surface area (Å²) < 4.78 is 5.80. The zero-order chi connectivity index (χ0) is 20.8. The van der Waals surface area contributed by atoms with Crippen LogP contribution in [0.15, 0.2) is 48.5 Å². The molecule has 2 amide bonds. The van der Waals surface area contributed by atoms with Gasteiger partial charge in [-0.2, -0.15) is 0 Å². The van der Waals surface area contributed by atoms with E-state index in [0.29, 0.717) is 22.6 Å². The van der Waals surface area contributed by atoms with Gasteiger partial charge >= 0.3 is 0 Å². The Balaban J connectivity index is 1.67. The number of carbonyl (C=O) groups excluding carboxylic acids is 2. The van der Waals surface area contributed by atoms with Crippen LogP contribution in [-0.2, 0) is 0 Å². The smallest absolute Gasteiger partial charge is 0.255 e. The number of rotatable bonds is 6. The lowest BCUT2D eigenvalue weighted by atomic mass is 10.1. The molecule has 2 aromatic carbocycles. The molecule has 1 atom stereocenters. The summed E-state index contributed by atoms with van der Waals surface area (Å²) >= 11 is 0. The number of hydrogen-bond acceptors (Lipinski definition) is 4. The van der Waals surface area contributed by atoms with Crippen LogP contribution in [0.2, 0.25) is 0 Å². The molecule has 1 unspecified atom stereocenters. The van der Waals surface area contributed by atoms with Crippen LogP contribution in [0.4, 0.5) is 5.69 Å². The van der Waals surface area contributed by atoms with Gasteiger partial charge in [-0.15, -0.1) is 0 Å². The average molecular weight is 396 g/mol. The number of piperazine rings is 1. The van der Waals surface area contributed by atoms with Crippen LogP contribution in [0.25, 0.3) is 0 Å². The molecule has 0 saturated carbocycles. The third-order valence-corrected chi connectivity index (χ3v) is 5.17. The molecule has 0 aromatic heterocycles. The van der Waals surface area contributed by atoms with Gasteiger partial charge < -0.3 is 19.9 Å². The van der Waals surface area contributed by atoms with E-state index in [0.717, 1.165) is 32.6 Å². The van der Waals surface area contributed by atoms with E-state index < -0.39 is 0 Å². The molecule has 1 heterocycles. The lowest BCUT2D eigenvalue weighted by Gasteiger charge is -2.32. The van der Waals surface area contributed by atoms with Gasteiger partial charge in [0.1, 0.15) is 5.75 Å². The predicted molar refractivity (Wildman–Crippen MR) is 115 cm³/mol. The molecule has 6 nitrogen and oxygen atoms in total. The Morgan fingerprint density at radius 3 is 2.45 bits per heavy atom. The Morgan fingerprint density at radius 1 is 1.03 bits per heavy atom. The average Bonchev–Trinajstić information content (AvgIpc) is 2.74. The summed E-state index contributed by atoms with van der Waals surface area (Å²) in [6, 6.07) is 14.2. The fourth-order valence-corrected chi connectivity index (χ4v) is 3.15. The van der Waals surface area contributed by atoms with Crippen LogP contribution in [0, 0.1) is 0 Å².